The van der Waals surface area contributed by atoms with Crippen molar-refractivity contribution in [2.24, 2.45) is 0 Å². The predicted octanol–water partition coefficient (Wildman–Crippen LogP) is 3.02. The van der Waals surface area contributed by atoms with Gasteiger partial charge in [-0.3, -0.25) is 4.90 Å². The third-order valence-corrected chi connectivity index (χ3v) is 3.08. The van der Waals surface area contributed by atoms with Crippen molar-refractivity contribution in [3.63, 3.8) is 0 Å². The van der Waals surface area contributed by atoms with E-state index >= 15 is 0 Å². The fourth-order valence-electron chi connectivity index (χ4n) is 2.20. The molecule has 0 aliphatic carbocycles. The smallest absolute Gasteiger partial charge is 0.258 e. The third-order valence-electron chi connectivity index (χ3n) is 3.08. The van der Waals surface area contributed by atoms with E-state index in [1.807, 2.05) is 0 Å². The van der Waals surface area contributed by atoms with Gasteiger partial charge < -0.3 is 5.32 Å². The molecule has 0 spiro atoms. The van der Waals surface area contributed by atoms with Gasteiger partial charge >= 0.3 is 0 Å². The number of nitrogens with one attached hydrogen (secondary N) is 1. The molecule has 2 nitrogen and oxygen atoms in total. The number of piperazine rings is 1. The zero-order valence-corrected chi connectivity index (χ0v) is 12.1. The van der Waals surface area contributed by atoms with E-state index in [0.717, 1.165) is 6.07 Å². The second kappa shape index (κ2) is 8.67. The Balaban J connectivity index is 0.00000180. The number of benzene rings is 1. The average Bonchev–Trinajstić information content (AvgIpc) is 2.36. The van der Waals surface area contributed by atoms with Crippen LogP contribution in [0.15, 0.2) is 18.2 Å². The van der Waals surface area contributed by atoms with Crippen LogP contribution in [-0.2, 0) is 0 Å². The molecule has 20 heavy (non-hydrogen) atoms. The molecule has 1 aliphatic heterocycles. The van der Waals surface area contributed by atoms with Crippen LogP contribution in [-0.4, -0.2) is 37.5 Å². The van der Waals surface area contributed by atoms with Crippen molar-refractivity contribution in [2.45, 2.75) is 12.5 Å². The van der Waals surface area contributed by atoms with E-state index in [1.165, 1.54) is 17.0 Å². The number of hydrogen-bond donors (Lipinski definition) is 1. The first kappa shape index (κ1) is 19.4. The van der Waals surface area contributed by atoms with Crippen LogP contribution in [0.5, 0.6) is 0 Å². The molecule has 8 heteroatoms. The molecule has 0 saturated carbocycles. The molecule has 1 fully saturated rings. The zero-order chi connectivity index (χ0) is 13.1. The molecule has 1 atom stereocenters. The molecule has 1 aliphatic rings. The number of hydrogen-bond acceptors (Lipinski definition) is 2. The van der Waals surface area contributed by atoms with Crippen LogP contribution in [0.2, 0.25) is 0 Å². The van der Waals surface area contributed by atoms with Gasteiger partial charge in [0.05, 0.1) is 6.04 Å². The maximum atomic E-state index is 13.6. The minimum Gasteiger partial charge on any atom is -0.314 e. The Kier molecular flexibility index (Phi) is 8.42. The summed E-state index contributed by atoms with van der Waals surface area (Å²) in [6.45, 7) is 1.93. The lowest BCUT2D eigenvalue weighted by Crippen LogP contribution is -2.47. The summed E-state index contributed by atoms with van der Waals surface area (Å²) < 4.78 is 53.0. The van der Waals surface area contributed by atoms with Crippen LogP contribution in [0, 0.1) is 11.6 Å². The Bertz CT molecular complexity index is 414. The van der Waals surface area contributed by atoms with Gasteiger partial charge in [0.15, 0.2) is 11.6 Å². The monoisotopic (exact) mass is 334 g/mol. The van der Waals surface area contributed by atoms with Gasteiger partial charge in [0.25, 0.3) is 6.43 Å². The van der Waals surface area contributed by atoms with Gasteiger partial charge in [-0.25, -0.2) is 17.6 Å². The quantitative estimate of drug-likeness (QED) is 0.855. The fraction of sp³-hybridized carbons (Fsp3) is 0.500. The molecule has 1 saturated heterocycles. The average molecular weight is 335 g/mol. The van der Waals surface area contributed by atoms with Gasteiger partial charge in [0, 0.05) is 31.7 Å². The highest BCUT2D eigenvalue weighted by Gasteiger charge is 2.32. The van der Waals surface area contributed by atoms with Gasteiger partial charge in [0.1, 0.15) is 0 Å². The van der Waals surface area contributed by atoms with Gasteiger partial charge in [-0.1, -0.05) is 12.1 Å². The molecule has 1 heterocycles. The molecule has 0 bridgehead atoms. The maximum Gasteiger partial charge on any atom is 0.258 e. The summed E-state index contributed by atoms with van der Waals surface area (Å²) in [5, 5.41) is 3.03. The lowest BCUT2D eigenvalue weighted by Gasteiger charge is -2.34. The van der Waals surface area contributed by atoms with Crippen molar-refractivity contribution < 1.29 is 17.6 Å². The highest BCUT2D eigenvalue weighted by Crippen LogP contribution is 2.30. The third kappa shape index (κ3) is 4.22. The molecular weight excluding hydrogens is 319 g/mol. The van der Waals surface area contributed by atoms with Crippen molar-refractivity contribution in [3.05, 3.63) is 35.4 Å². The van der Waals surface area contributed by atoms with E-state index in [4.69, 9.17) is 0 Å². The summed E-state index contributed by atoms with van der Waals surface area (Å²) in [5.41, 5.74) is -0.271. The molecule has 0 radical (unpaired) electrons. The van der Waals surface area contributed by atoms with E-state index in [1.54, 1.807) is 0 Å². The zero-order valence-electron chi connectivity index (χ0n) is 10.5. The molecule has 0 aromatic heterocycles. The number of nitrogens with zero attached hydrogens (tertiary/aromatic N) is 1. The fourth-order valence-corrected chi connectivity index (χ4v) is 2.20. The summed E-state index contributed by atoms with van der Waals surface area (Å²) in [7, 11) is 0. The minimum absolute atomic E-state index is 0. The Hall–Kier alpha value is -0.560. The Morgan fingerprint density at radius 2 is 1.65 bits per heavy atom. The van der Waals surface area contributed by atoms with Gasteiger partial charge in [-0.05, 0) is 6.07 Å². The molecule has 1 aromatic rings. The Labute approximate surface area is 127 Å². The highest BCUT2D eigenvalue weighted by atomic mass is 35.5. The molecule has 0 unspecified atom stereocenters. The summed E-state index contributed by atoms with van der Waals surface area (Å²) in [6, 6.07) is 2.02. The SMILES string of the molecule is Cl.Cl.Fc1cccc([C@H](C(F)F)N2CCNCC2)c1F. The second-order valence-corrected chi connectivity index (χ2v) is 4.21. The van der Waals surface area contributed by atoms with Crippen LogP contribution in [0.1, 0.15) is 11.6 Å². The van der Waals surface area contributed by atoms with Crippen LogP contribution < -0.4 is 5.32 Å². The lowest BCUT2D eigenvalue weighted by atomic mass is 10.0. The van der Waals surface area contributed by atoms with E-state index in [2.05, 4.69) is 5.32 Å². The summed E-state index contributed by atoms with van der Waals surface area (Å²) in [4.78, 5) is 1.49. The van der Waals surface area contributed by atoms with Crippen LogP contribution in [0.3, 0.4) is 0 Å². The first-order valence-corrected chi connectivity index (χ1v) is 5.78. The first-order valence-electron chi connectivity index (χ1n) is 5.78. The van der Waals surface area contributed by atoms with Gasteiger partial charge in [0.2, 0.25) is 0 Å². The molecular formula is C12H16Cl2F4N2. The normalized spacial score (nSPS) is 17.2. The Morgan fingerprint density at radius 3 is 2.20 bits per heavy atom. The van der Waals surface area contributed by atoms with E-state index in [9.17, 15) is 17.6 Å². The lowest BCUT2D eigenvalue weighted by molar-refractivity contribution is 0.0161. The van der Waals surface area contributed by atoms with E-state index < -0.39 is 24.1 Å². The van der Waals surface area contributed by atoms with Crippen LogP contribution in [0.4, 0.5) is 17.6 Å². The highest BCUT2D eigenvalue weighted by molar-refractivity contribution is 5.85. The molecule has 2 rings (SSSR count). The summed E-state index contributed by atoms with van der Waals surface area (Å²) in [6.07, 6.45) is -2.75. The molecule has 0 amide bonds. The predicted molar refractivity (Wildman–Crippen MR) is 74.0 cm³/mol. The largest absolute Gasteiger partial charge is 0.314 e. The molecule has 116 valence electrons. The molecule has 1 aromatic carbocycles. The van der Waals surface area contributed by atoms with Crippen LogP contribution >= 0.6 is 24.8 Å². The van der Waals surface area contributed by atoms with E-state index in [-0.39, 0.29) is 30.4 Å². The Morgan fingerprint density at radius 1 is 1.05 bits per heavy atom. The van der Waals surface area contributed by atoms with Gasteiger partial charge in [-0.15, -0.1) is 24.8 Å². The van der Waals surface area contributed by atoms with Crippen molar-refractivity contribution in [1.82, 2.24) is 10.2 Å². The standard InChI is InChI=1S/C12H14F4N2.2ClH/c13-9-3-1-2-8(10(9)14)11(12(15)16)18-6-4-17-5-7-18;;/h1-3,11-12,17H,4-7H2;2*1H/t11-;;/m1../s1. The maximum absolute atomic E-state index is 13.6. The van der Waals surface area contributed by atoms with Crippen molar-refractivity contribution in [1.29, 1.82) is 0 Å². The minimum atomic E-state index is -2.75. The summed E-state index contributed by atoms with van der Waals surface area (Å²) in [5.74, 6) is -2.27. The second-order valence-electron chi connectivity index (χ2n) is 4.21. The number of rotatable bonds is 3. The van der Waals surface area contributed by atoms with Crippen LogP contribution in [0.25, 0.3) is 0 Å². The number of halogens is 6. The first-order chi connectivity index (χ1) is 8.61. The van der Waals surface area contributed by atoms with Gasteiger partial charge in [-0.2, -0.15) is 0 Å². The van der Waals surface area contributed by atoms with Crippen molar-refractivity contribution in [2.75, 3.05) is 26.2 Å². The number of alkyl halides is 2. The van der Waals surface area contributed by atoms with Crippen molar-refractivity contribution in [3.8, 4) is 0 Å². The topological polar surface area (TPSA) is 15.3 Å². The van der Waals surface area contributed by atoms with Crippen molar-refractivity contribution >= 4 is 24.8 Å². The summed E-state index contributed by atoms with van der Waals surface area (Å²) >= 11 is 0. The van der Waals surface area contributed by atoms with E-state index in [0.29, 0.717) is 26.2 Å². The molecule has 1 N–H and O–H groups in total.